The summed E-state index contributed by atoms with van der Waals surface area (Å²) in [6.07, 6.45) is 0. The molecule has 0 spiro atoms. The normalized spacial score (nSPS) is 10.6. The quantitative estimate of drug-likeness (QED) is 0.918. The van der Waals surface area contributed by atoms with Gasteiger partial charge in [0.05, 0.1) is 24.1 Å². The Hall–Kier alpha value is -1.20. The minimum atomic E-state index is 0.627. The van der Waals surface area contributed by atoms with Crippen LogP contribution in [0, 0.1) is 6.92 Å². The number of nitrogens with zero attached hydrogens (tertiary/aromatic N) is 2. The number of halogens is 2. The molecule has 0 aliphatic carbocycles. The van der Waals surface area contributed by atoms with Gasteiger partial charge in [-0.05, 0) is 41.1 Å². The second kappa shape index (κ2) is 5.84. The third-order valence-electron chi connectivity index (χ3n) is 2.87. The van der Waals surface area contributed by atoms with Crippen LogP contribution in [-0.4, -0.2) is 16.9 Å². The van der Waals surface area contributed by atoms with Gasteiger partial charge in [-0.25, -0.2) is 4.68 Å². The average molecular weight is 345 g/mol. The lowest BCUT2D eigenvalue weighted by atomic mass is 10.2. The summed E-state index contributed by atoms with van der Waals surface area (Å²) < 4.78 is 8.07. The highest BCUT2D eigenvalue weighted by molar-refractivity contribution is 9.10. The molecule has 2 rings (SSSR count). The Balaban J connectivity index is 2.21. The van der Waals surface area contributed by atoms with E-state index in [-0.39, 0.29) is 0 Å². The van der Waals surface area contributed by atoms with Crippen LogP contribution in [0.2, 0.25) is 5.02 Å². The van der Waals surface area contributed by atoms with Gasteiger partial charge in [0.25, 0.3) is 0 Å². The van der Waals surface area contributed by atoms with E-state index in [2.05, 4.69) is 26.3 Å². The molecule has 0 atom stereocenters. The zero-order valence-electron chi connectivity index (χ0n) is 11.0. The van der Waals surface area contributed by atoms with Crippen molar-refractivity contribution in [1.29, 1.82) is 0 Å². The number of hydrogen-bond donors (Lipinski definition) is 1. The molecule has 6 heteroatoms. The Morgan fingerprint density at radius 1 is 1.47 bits per heavy atom. The van der Waals surface area contributed by atoms with Crippen LogP contribution in [-0.2, 0) is 13.6 Å². The van der Waals surface area contributed by atoms with Crippen molar-refractivity contribution in [2.24, 2.45) is 7.05 Å². The van der Waals surface area contributed by atoms with Crippen molar-refractivity contribution in [2.45, 2.75) is 13.5 Å². The van der Waals surface area contributed by atoms with Gasteiger partial charge in [0.15, 0.2) is 0 Å². The Labute approximate surface area is 125 Å². The Kier molecular flexibility index (Phi) is 4.37. The number of hydrogen-bond acceptors (Lipinski definition) is 3. The highest BCUT2D eigenvalue weighted by atomic mass is 79.9. The molecule has 19 heavy (non-hydrogen) atoms. The van der Waals surface area contributed by atoms with Crippen molar-refractivity contribution in [3.63, 3.8) is 0 Å². The number of ether oxygens (including phenoxy) is 1. The molecule has 0 unspecified atom stereocenters. The predicted molar refractivity (Wildman–Crippen MR) is 81.0 cm³/mol. The summed E-state index contributed by atoms with van der Waals surface area (Å²) in [5, 5.41) is 8.38. The van der Waals surface area contributed by atoms with Gasteiger partial charge >= 0.3 is 0 Å². The van der Waals surface area contributed by atoms with Gasteiger partial charge in [-0.15, -0.1) is 0 Å². The molecule has 0 fully saturated rings. The van der Waals surface area contributed by atoms with Crippen molar-refractivity contribution in [3.05, 3.63) is 39.0 Å². The van der Waals surface area contributed by atoms with Crippen molar-refractivity contribution in [3.8, 4) is 5.88 Å². The standard InChI is InChI=1S/C13H15BrClN3O/c1-8-10(13(19-3)18(2)17-8)7-16-12-6-9(15)4-5-11(12)14/h4-6,16H,7H2,1-3H3. The second-order valence-electron chi connectivity index (χ2n) is 4.17. The SMILES string of the molecule is COc1c(CNc2cc(Cl)ccc2Br)c(C)nn1C. The van der Waals surface area contributed by atoms with E-state index in [1.54, 1.807) is 11.8 Å². The Morgan fingerprint density at radius 2 is 2.21 bits per heavy atom. The molecular formula is C13H15BrClN3O. The minimum Gasteiger partial charge on any atom is -0.481 e. The highest BCUT2D eigenvalue weighted by Gasteiger charge is 2.13. The lowest BCUT2D eigenvalue weighted by molar-refractivity contribution is 0.370. The minimum absolute atomic E-state index is 0.627. The van der Waals surface area contributed by atoms with E-state index in [9.17, 15) is 0 Å². The first-order valence-corrected chi connectivity index (χ1v) is 6.95. The summed E-state index contributed by atoms with van der Waals surface area (Å²) in [5.41, 5.74) is 2.93. The second-order valence-corrected chi connectivity index (χ2v) is 5.47. The van der Waals surface area contributed by atoms with Crippen LogP contribution in [0.1, 0.15) is 11.3 Å². The topological polar surface area (TPSA) is 39.1 Å². The zero-order chi connectivity index (χ0) is 14.0. The Morgan fingerprint density at radius 3 is 2.89 bits per heavy atom. The van der Waals surface area contributed by atoms with Crippen LogP contribution in [0.15, 0.2) is 22.7 Å². The highest BCUT2D eigenvalue weighted by Crippen LogP contribution is 2.28. The van der Waals surface area contributed by atoms with Crippen molar-refractivity contribution in [2.75, 3.05) is 12.4 Å². The maximum absolute atomic E-state index is 5.99. The molecule has 1 heterocycles. The molecule has 2 aromatic rings. The van der Waals surface area contributed by atoms with Crippen molar-refractivity contribution >= 4 is 33.2 Å². The van der Waals surface area contributed by atoms with E-state index in [1.807, 2.05) is 32.2 Å². The summed E-state index contributed by atoms with van der Waals surface area (Å²) in [7, 11) is 3.51. The molecule has 1 aromatic heterocycles. The van der Waals surface area contributed by atoms with Crippen LogP contribution >= 0.6 is 27.5 Å². The number of nitrogens with one attached hydrogen (secondary N) is 1. The van der Waals surface area contributed by atoms with Gasteiger partial charge in [-0.3, -0.25) is 0 Å². The van der Waals surface area contributed by atoms with E-state index >= 15 is 0 Å². The number of rotatable bonds is 4. The zero-order valence-corrected chi connectivity index (χ0v) is 13.3. The van der Waals surface area contributed by atoms with Gasteiger partial charge in [0, 0.05) is 23.1 Å². The third kappa shape index (κ3) is 3.04. The summed E-state index contributed by atoms with van der Waals surface area (Å²) in [6, 6.07) is 5.63. The predicted octanol–water partition coefficient (Wildman–Crippen LogP) is 3.77. The number of aromatic nitrogens is 2. The number of anilines is 1. The van der Waals surface area contributed by atoms with Crippen LogP contribution in [0.25, 0.3) is 0 Å². The van der Waals surface area contributed by atoms with Gasteiger partial charge in [0.2, 0.25) is 5.88 Å². The fourth-order valence-corrected chi connectivity index (χ4v) is 2.52. The van der Waals surface area contributed by atoms with E-state index in [4.69, 9.17) is 16.3 Å². The van der Waals surface area contributed by atoms with E-state index in [1.165, 1.54) is 0 Å². The fraction of sp³-hybridized carbons (Fsp3) is 0.308. The molecule has 1 aromatic carbocycles. The van der Waals surface area contributed by atoms with E-state index in [0.717, 1.165) is 27.3 Å². The first-order valence-electron chi connectivity index (χ1n) is 5.78. The summed E-state index contributed by atoms with van der Waals surface area (Å²) >= 11 is 9.48. The maximum atomic E-state index is 5.99. The molecule has 0 saturated carbocycles. The van der Waals surface area contributed by atoms with E-state index < -0.39 is 0 Å². The summed E-state index contributed by atoms with van der Waals surface area (Å²) in [6.45, 7) is 2.59. The fourth-order valence-electron chi connectivity index (χ4n) is 1.96. The number of benzene rings is 1. The molecule has 0 amide bonds. The summed E-state index contributed by atoms with van der Waals surface area (Å²) in [4.78, 5) is 0. The maximum Gasteiger partial charge on any atom is 0.216 e. The molecule has 0 saturated heterocycles. The van der Waals surface area contributed by atoms with Gasteiger partial charge in [-0.1, -0.05) is 11.6 Å². The molecule has 4 nitrogen and oxygen atoms in total. The third-order valence-corrected chi connectivity index (χ3v) is 3.79. The molecule has 102 valence electrons. The molecule has 0 radical (unpaired) electrons. The van der Waals surface area contributed by atoms with Gasteiger partial charge in [-0.2, -0.15) is 5.10 Å². The molecule has 1 N–H and O–H groups in total. The molecular weight excluding hydrogens is 330 g/mol. The van der Waals surface area contributed by atoms with Crippen LogP contribution in [0.4, 0.5) is 5.69 Å². The van der Waals surface area contributed by atoms with Crippen LogP contribution in [0.3, 0.4) is 0 Å². The van der Waals surface area contributed by atoms with Crippen LogP contribution < -0.4 is 10.1 Å². The van der Waals surface area contributed by atoms with Gasteiger partial charge in [0.1, 0.15) is 0 Å². The largest absolute Gasteiger partial charge is 0.481 e. The lowest BCUT2D eigenvalue weighted by Crippen LogP contribution is -2.03. The van der Waals surface area contributed by atoms with Crippen LogP contribution in [0.5, 0.6) is 5.88 Å². The van der Waals surface area contributed by atoms with Crippen molar-refractivity contribution in [1.82, 2.24) is 9.78 Å². The molecule has 0 aliphatic heterocycles. The Bertz CT molecular complexity index is 598. The van der Waals surface area contributed by atoms with Gasteiger partial charge < -0.3 is 10.1 Å². The first kappa shape index (κ1) is 14.2. The lowest BCUT2D eigenvalue weighted by Gasteiger charge is -2.10. The number of aryl methyl sites for hydroxylation is 2. The smallest absolute Gasteiger partial charge is 0.216 e. The summed E-state index contributed by atoms with van der Waals surface area (Å²) in [5.74, 6) is 0.767. The monoisotopic (exact) mass is 343 g/mol. The average Bonchev–Trinajstić information content (AvgIpc) is 2.64. The van der Waals surface area contributed by atoms with E-state index in [0.29, 0.717) is 11.6 Å². The van der Waals surface area contributed by atoms with Crippen molar-refractivity contribution < 1.29 is 4.74 Å². The molecule has 0 aliphatic rings. The molecule has 0 bridgehead atoms. The number of methoxy groups -OCH3 is 1. The first-order chi connectivity index (χ1) is 9.02.